The highest BCUT2D eigenvalue weighted by Gasteiger charge is 2.50. The van der Waals surface area contributed by atoms with Crippen LogP contribution in [0.1, 0.15) is 33.3 Å². The Bertz CT molecular complexity index is 593. The minimum absolute atomic E-state index is 0.218. The van der Waals surface area contributed by atoms with Crippen LogP contribution in [0.5, 0.6) is 17.2 Å². The number of methoxy groups -OCH3 is 1. The third-order valence-electron chi connectivity index (χ3n) is 4.40. The van der Waals surface area contributed by atoms with Gasteiger partial charge in [-0.2, -0.15) is 0 Å². The lowest BCUT2D eigenvalue weighted by Crippen LogP contribution is -2.41. The number of hydrogen-bond acceptors (Lipinski definition) is 5. The van der Waals surface area contributed by atoms with Gasteiger partial charge in [-0.1, -0.05) is 12.1 Å². The smallest absolute Gasteiger partial charge is 0.487 e. The molecule has 3 rings (SSSR count). The molecule has 2 heterocycles. The van der Waals surface area contributed by atoms with Crippen LogP contribution in [0.15, 0.2) is 18.1 Å². The zero-order chi connectivity index (χ0) is 16.0. The van der Waals surface area contributed by atoms with E-state index in [1.807, 2.05) is 51.9 Å². The quantitative estimate of drug-likeness (QED) is 0.803. The molecule has 0 spiro atoms. The van der Waals surface area contributed by atoms with Crippen molar-refractivity contribution in [3.8, 4) is 17.2 Å². The highest BCUT2D eigenvalue weighted by molar-refractivity contribution is 6.52. The molecule has 0 saturated carbocycles. The van der Waals surface area contributed by atoms with E-state index < -0.39 is 0 Å². The third kappa shape index (κ3) is 2.57. The number of rotatable bonds is 3. The predicted molar refractivity (Wildman–Crippen MR) is 84.2 cm³/mol. The summed E-state index contributed by atoms with van der Waals surface area (Å²) in [4.78, 5) is 0. The van der Waals surface area contributed by atoms with Gasteiger partial charge in [0.25, 0.3) is 0 Å². The fourth-order valence-corrected chi connectivity index (χ4v) is 2.40. The largest absolute Gasteiger partial charge is 0.493 e. The highest BCUT2D eigenvalue weighted by Crippen LogP contribution is 2.42. The molecule has 2 aliphatic rings. The van der Waals surface area contributed by atoms with E-state index in [1.165, 1.54) is 0 Å². The lowest BCUT2D eigenvalue weighted by molar-refractivity contribution is 0.00578. The van der Waals surface area contributed by atoms with Crippen LogP contribution in [0.4, 0.5) is 0 Å². The zero-order valence-corrected chi connectivity index (χ0v) is 13.6. The van der Waals surface area contributed by atoms with Crippen molar-refractivity contribution >= 4 is 13.2 Å². The summed E-state index contributed by atoms with van der Waals surface area (Å²) >= 11 is 0. The Morgan fingerprint density at radius 1 is 1.09 bits per heavy atom. The Morgan fingerprint density at radius 3 is 2.41 bits per heavy atom. The maximum Gasteiger partial charge on any atom is 0.487 e. The van der Waals surface area contributed by atoms with Gasteiger partial charge in [0.05, 0.1) is 18.3 Å². The van der Waals surface area contributed by atoms with Gasteiger partial charge >= 0.3 is 7.12 Å². The first-order chi connectivity index (χ1) is 10.3. The molecular weight excluding hydrogens is 283 g/mol. The van der Waals surface area contributed by atoms with Gasteiger partial charge in [-0.3, -0.25) is 0 Å². The molecule has 0 N–H and O–H groups in total. The molecule has 0 amide bonds. The molecule has 0 aliphatic carbocycles. The van der Waals surface area contributed by atoms with E-state index in [0.29, 0.717) is 17.2 Å². The average molecular weight is 304 g/mol. The van der Waals surface area contributed by atoms with Crippen LogP contribution in [0, 0.1) is 0 Å². The lowest BCUT2D eigenvalue weighted by atomic mass is 9.89. The summed E-state index contributed by atoms with van der Waals surface area (Å²) in [5, 5.41) is 0. The second-order valence-corrected chi connectivity index (χ2v) is 6.44. The van der Waals surface area contributed by atoms with Crippen molar-refractivity contribution in [3.05, 3.63) is 23.7 Å². The summed E-state index contributed by atoms with van der Waals surface area (Å²) in [7, 11) is 1.24. The first kappa shape index (κ1) is 15.2. The van der Waals surface area contributed by atoms with Gasteiger partial charge in [-0.15, -0.1) is 0 Å². The van der Waals surface area contributed by atoms with Crippen molar-refractivity contribution in [1.82, 2.24) is 0 Å². The van der Waals surface area contributed by atoms with Crippen molar-refractivity contribution < 1.29 is 23.5 Å². The van der Waals surface area contributed by atoms with Crippen LogP contribution in [0.25, 0.3) is 6.08 Å². The van der Waals surface area contributed by atoms with Crippen molar-refractivity contribution in [2.75, 3.05) is 13.9 Å². The molecule has 1 saturated heterocycles. The molecule has 5 nitrogen and oxygen atoms in total. The molecule has 0 aromatic heterocycles. The molecule has 0 atom stereocenters. The van der Waals surface area contributed by atoms with E-state index in [4.69, 9.17) is 23.5 Å². The van der Waals surface area contributed by atoms with Gasteiger partial charge in [-0.05, 0) is 45.4 Å². The SMILES string of the molecule is COc1cc(/C=C/B2OC(C)(C)C(C)(C)O2)cc2c1OCO2. The van der Waals surface area contributed by atoms with E-state index in [0.717, 1.165) is 5.56 Å². The van der Waals surface area contributed by atoms with E-state index in [9.17, 15) is 0 Å². The van der Waals surface area contributed by atoms with Crippen LogP contribution in [-0.2, 0) is 9.31 Å². The van der Waals surface area contributed by atoms with Crippen LogP contribution in [0.2, 0.25) is 0 Å². The van der Waals surface area contributed by atoms with Gasteiger partial charge in [0, 0.05) is 0 Å². The maximum atomic E-state index is 5.94. The Hall–Kier alpha value is -1.66. The molecule has 1 aromatic carbocycles. The molecule has 1 fully saturated rings. The van der Waals surface area contributed by atoms with Crippen molar-refractivity contribution in [2.24, 2.45) is 0 Å². The van der Waals surface area contributed by atoms with Crippen LogP contribution in [-0.4, -0.2) is 32.2 Å². The van der Waals surface area contributed by atoms with Crippen molar-refractivity contribution in [1.29, 1.82) is 0 Å². The molecule has 0 radical (unpaired) electrons. The van der Waals surface area contributed by atoms with Crippen LogP contribution >= 0.6 is 0 Å². The molecule has 1 aromatic rings. The second kappa shape index (κ2) is 5.21. The Labute approximate surface area is 131 Å². The van der Waals surface area contributed by atoms with E-state index in [1.54, 1.807) is 7.11 Å². The van der Waals surface area contributed by atoms with Gasteiger partial charge in [-0.25, -0.2) is 0 Å². The van der Waals surface area contributed by atoms with Crippen LogP contribution in [0.3, 0.4) is 0 Å². The minimum Gasteiger partial charge on any atom is -0.493 e. The average Bonchev–Trinajstić information content (AvgIpc) is 2.98. The van der Waals surface area contributed by atoms with Gasteiger partial charge in [0.1, 0.15) is 0 Å². The highest BCUT2D eigenvalue weighted by atomic mass is 16.7. The zero-order valence-electron chi connectivity index (χ0n) is 13.6. The Kier molecular flexibility index (Phi) is 3.61. The van der Waals surface area contributed by atoms with E-state index in [2.05, 4.69) is 0 Å². The monoisotopic (exact) mass is 304 g/mol. The molecule has 0 unspecified atom stereocenters. The molecule has 22 heavy (non-hydrogen) atoms. The summed E-state index contributed by atoms with van der Waals surface area (Å²) < 4.78 is 28.0. The molecule has 118 valence electrons. The Morgan fingerprint density at radius 2 is 1.77 bits per heavy atom. The maximum absolute atomic E-state index is 5.94. The van der Waals surface area contributed by atoms with Gasteiger partial charge in [0.2, 0.25) is 12.5 Å². The molecule has 2 aliphatic heterocycles. The predicted octanol–water partition coefficient (Wildman–Crippen LogP) is 3.07. The van der Waals surface area contributed by atoms with E-state index in [-0.39, 0.29) is 25.1 Å². The summed E-state index contributed by atoms with van der Waals surface area (Å²) in [6.07, 6.45) is 1.94. The number of benzene rings is 1. The molecule has 6 heteroatoms. The standard InChI is InChI=1S/C16H21BO5/c1-15(2)16(3,4)22-17(21-15)7-6-11-8-12(18-5)14-13(9-11)19-10-20-14/h6-9H,10H2,1-5H3/b7-6+. The number of ether oxygens (including phenoxy) is 3. The molecule has 0 bridgehead atoms. The first-order valence-electron chi connectivity index (χ1n) is 7.34. The topological polar surface area (TPSA) is 46.2 Å². The molecular formula is C16H21BO5. The third-order valence-corrected chi connectivity index (χ3v) is 4.40. The normalized spacial score (nSPS) is 21.6. The Balaban J connectivity index is 1.80. The summed E-state index contributed by atoms with van der Waals surface area (Å²) in [5.41, 5.74) is 0.263. The fourth-order valence-electron chi connectivity index (χ4n) is 2.40. The van der Waals surface area contributed by atoms with E-state index >= 15 is 0 Å². The lowest BCUT2D eigenvalue weighted by Gasteiger charge is -2.32. The number of hydrogen-bond donors (Lipinski definition) is 0. The summed E-state index contributed by atoms with van der Waals surface area (Å²) in [6.45, 7) is 8.35. The fraction of sp³-hybridized carbons (Fsp3) is 0.500. The van der Waals surface area contributed by atoms with Gasteiger partial charge in [0.15, 0.2) is 11.5 Å². The minimum atomic E-state index is -0.374. The number of fused-ring (bicyclic) bond motifs is 1. The summed E-state index contributed by atoms with van der Waals surface area (Å²) in [5.74, 6) is 3.89. The van der Waals surface area contributed by atoms with Crippen molar-refractivity contribution in [2.45, 2.75) is 38.9 Å². The first-order valence-corrected chi connectivity index (χ1v) is 7.34. The van der Waals surface area contributed by atoms with Gasteiger partial charge < -0.3 is 23.5 Å². The summed E-state index contributed by atoms with van der Waals surface area (Å²) in [6, 6.07) is 3.81. The second-order valence-electron chi connectivity index (χ2n) is 6.44. The van der Waals surface area contributed by atoms with Crippen molar-refractivity contribution in [3.63, 3.8) is 0 Å². The van der Waals surface area contributed by atoms with Crippen LogP contribution < -0.4 is 14.2 Å².